The number of nitrogens with one attached hydrogen (secondary N) is 2. The Hall–Kier alpha value is -3.10. The molecule has 1 aromatic rings. The van der Waals surface area contributed by atoms with Gasteiger partial charge in [-0.2, -0.15) is 0 Å². The standard InChI is InChI=1S/C28H44N4O5/c1-7-19(3)32(26(35)22(17-23(29)33)31-27(36)37-28(4,5)6)24(20-15-13-18(2)14-16-20)25(34)30-21-11-9-8-10-12-21/h13-16,19,21-22,24H,7-12,17H2,1-6H3,(H2,29,33)(H,30,34)(H,31,36). The molecule has 0 radical (unpaired) electrons. The molecule has 0 spiro atoms. The van der Waals surface area contributed by atoms with Gasteiger partial charge in [0.2, 0.25) is 17.7 Å². The highest BCUT2D eigenvalue weighted by Gasteiger charge is 2.39. The summed E-state index contributed by atoms with van der Waals surface area (Å²) in [5.41, 5.74) is 6.33. The summed E-state index contributed by atoms with van der Waals surface area (Å²) < 4.78 is 5.32. The largest absolute Gasteiger partial charge is 0.444 e. The summed E-state index contributed by atoms with van der Waals surface area (Å²) in [5, 5.41) is 5.68. The van der Waals surface area contributed by atoms with Crippen LogP contribution < -0.4 is 16.4 Å². The number of benzene rings is 1. The summed E-state index contributed by atoms with van der Waals surface area (Å²) in [4.78, 5) is 53.8. The third-order valence-electron chi connectivity index (χ3n) is 6.59. The number of carbonyl (C=O) groups excluding carboxylic acids is 4. The summed E-state index contributed by atoms with van der Waals surface area (Å²) in [6, 6.07) is 4.93. The molecule has 0 aliphatic heterocycles. The van der Waals surface area contributed by atoms with Crippen LogP contribution in [0.25, 0.3) is 0 Å². The molecular formula is C28H44N4O5. The number of carbonyl (C=O) groups is 4. The van der Waals surface area contributed by atoms with E-state index < -0.39 is 42.0 Å². The number of amides is 4. The lowest BCUT2D eigenvalue weighted by Crippen LogP contribution is -2.56. The number of nitrogens with two attached hydrogens (primary N) is 1. The lowest BCUT2D eigenvalue weighted by Gasteiger charge is -2.39. The molecule has 1 aliphatic rings. The van der Waals surface area contributed by atoms with E-state index in [0.717, 1.165) is 37.7 Å². The van der Waals surface area contributed by atoms with E-state index in [1.807, 2.05) is 45.0 Å². The lowest BCUT2D eigenvalue weighted by molar-refractivity contribution is -0.146. The molecule has 3 atom stereocenters. The third kappa shape index (κ3) is 9.37. The minimum atomic E-state index is -1.28. The predicted molar refractivity (Wildman–Crippen MR) is 143 cm³/mol. The van der Waals surface area contributed by atoms with Crippen LogP contribution in [-0.4, -0.2) is 52.4 Å². The van der Waals surface area contributed by atoms with Gasteiger partial charge in [0.1, 0.15) is 17.7 Å². The van der Waals surface area contributed by atoms with E-state index in [2.05, 4.69) is 10.6 Å². The summed E-state index contributed by atoms with van der Waals surface area (Å²) in [6.07, 6.45) is 4.34. The van der Waals surface area contributed by atoms with Crippen molar-refractivity contribution >= 4 is 23.8 Å². The molecule has 4 N–H and O–H groups in total. The van der Waals surface area contributed by atoms with Crippen molar-refractivity contribution in [3.63, 3.8) is 0 Å². The van der Waals surface area contributed by atoms with Gasteiger partial charge in [0.05, 0.1) is 6.42 Å². The summed E-state index contributed by atoms with van der Waals surface area (Å²) >= 11 is 0. The second-order valence-corrected chi connectivity index (χ2v) is 11.0. The van der Waals surface area contributed by atoms with E-state index in [-0.39, 0.29) is 18.0 Å². The third-order valence-corrected chi connectivity index (χ3v) is 6.59. The number of rotatable bonds is 10. The van der Waals surface area contributed by atoms with Gasteiger partial charge in [0.15, 0.2) is 0 Å². The van der Waals surface area contributed by atoms with E-state index in [1.165, 1.54) is 4.90 Å². The van der Waals surface area contributed by atoms with E-state index in [9.17, 15) is 19.2 Å². The van der Waals surface area contributed by atoms with Crippen LogP contribution in [0.1, 0.15) is 96.7 Å². The molecule has 1 aliphatic carbocycles. The number of nitrogens with zero attached hydrogens (tertiary/aromatic N) is 1. The van der Waals surface area contributed by atoms with Crippen molar-refractivity contribution in [2.45, 2.75) is 116 Å². The van der Waals surface area contributed by atoms with Crippen molar-refractivity contribution in [3.8, 4) is 0 Å². The monoisotopic (exact) mass is 516 g/mol. The molecule has 1 saturated carbocycles. The zero-order valence-corrected chi connectivity index (χ0v) is 23.1. The Morgan fingerprint density at radius 2 is 1.68 bits per heavy atom. The first-order chi connectivity index (χ1) is 17.3. The number of ether oxygens (including phenoxy) is 1. The molecule has 4 amide bonds. The van der Waals surface area contributed by atoms with Crippen LogP contribution in [0, 0.1) is 6.92 Å². The Morgan fingerprint density at radius 1 is 1.08 bits per heavy atom. The second kappa shape index (κ2) is 13.4. The van der Waals surface area contributed by atoms with E-state index in [1.54, 1.807) is 20.8 Å². The van der Waals surface area contributed by atoms with Gasteiger partial charge in [-0.05, 0) is 59.4 Å². The molecule has 3 unspecified atom stereocenters. The molecule has 0 saturated heterocycles. The van der Waals surface area contributed by atoms with Crippen molar-refractivity contribution in [3.05, 3.63) is 35.4 Å². The second-order valence-electron chi connectivity index (χ2n) is 11.0. The van der Waals surface area contributed by atoms with Crippen molar-refractivity contribution in [2.24, 2.45) is 5.73 Å². The molecule has 2 rings (SSSR count). The van der Waals surface area contributed by atoms with Crippen LogP contribution in [0.2, 0.25) is 0 Å². The average Bonchev–Trinajstić information content (AvgIpc) is 2.81. The molecule has 206 valence electrons. The smallest absolute Gasteiger partial charge is 0.408 e. The Bertz CT molecular complexity index is 935. The number of aryl methyl sites for hydroxylation is 1. The van der Waals surface area contributed by atoms with Crippen molar-refractivity contribution < 1.29 is 23.9 Å². The fraction of sp³-hybridized carbons (Fsp3) is 0.643. The first-order valence-electron chi connectivity index (χ1n) is 13.3. The Labute approximate surface area is 220 Å². The number of hydrogen-bond donors (Lipinski definition) is 3. The highest BCUT2D eigenvalue weighted by atomic mass is 16.6. The molecule has 37 heavy (non-hydrogen) atoms. The molecule has 9 heteroatoms. The SMILES string of the molecule is CCC(C)N(C(=O)C(CC(N)=O)NC(=O)OC(C)(C)C)C(C(=O)NC1CCCCC1)c1ccc(C)cc1. The van der Waals surface area contributed by atoms with E-state index in [4.69, 9.17) is 10.5 Å². The molecule has 0 bridgehead atoms. The first-order valence-corrected chi connectivity index (χ1v) is 13.3. The van der Waals surface area contributed by atoms with Crippen molar-refractivity contribution in [1.29, 1.82) is 0 Å². The van der Waals surface area contributed by atoms with Crippen LogP contribution >= 0.6 is 0 Å². The number of hydrogen-bond acceptors (Lipinski definition) is 5. The van der Waals surface area contributed by atoms with Gasteiger partial charge < -0.3 is 26.0 Å². The van der Waals surface area contributed by atoms with E-state index >= 15 is 0 Å². The molecular weight excluding hydrogens is 472 g/mol. The Morgan fingerprint density at radius 3 is 2.19 bits per heavy atom. The molecule has 0 aromatic heterocycles. The topological polar surface area (TPSA) is 131 Å². The molecule has 0 heterocycles. The first kappa shape index (κ1) is 30.1. The quantitative estimate of drug-likeness (QED) is 0.434. The number of primary amides is 1. The maximum absolute atomic E-state index is 14.0. The van der Waals surface area contributed by atoms with Gasteiger partial charge >= 0.3 is 6.09 Å². The fourth-order valence-corrected chi connectivity index (χ4v) is 4.54. The van der Waals surface area contributed by atoms with Gasteiger partial charge in [-0.15, -0.1) is 0 Å². The van der Waals surface area contributed by atoms with Crippen LogP contribution in [0.5, 0.6) is 0 Å². The summed E-state index contributed by atoms with van der Waals surface area (Å²) in [7, 11) is 0. The minimum Gasteiger partial charge on any atom is -0.444 e. The molecule has 1 fully saturated rings. The summed E-state index contributed by atoms with van der Waals surface area (Å²) in [6.45, 7) is 10.8. The maximum atomic E-state index is 14.0. The highest BCUT2D eigenvalue weighted by molar-refractivity contribution is 5.94. The van der Waals surface area contributed by atoms with Crippen LogP contribution in [0.3, 0.4) is 0 Å². The molecule has 1 aromatic carbocycles. The Kier molecular flexibility index (Phi) is 10.9. The number of alkyl carbamates (subject to hydrolysis) is 1. The van der Waals surface area contributed by atoms with Crippen LogP contribution in [0.4, 0.5) is 4.79 Å². The molecule has 9 nitrogen and oxygen atoms in total. The van der Waals surface area contributed by atoms with Gasteiger partial charge in [-0.3, -0.25) is 14.4 Å². The lowest BCUT2D eigenvalue weighted by atomic mass is 9.94. The van der Waals surface area contributed by atoms with Gasteiger partial charge in [0, 0.05) is 12.1 Å². The maximum Gasteiger partial charge on any atom is 0.408 e. The van der Waals surface area contributed by atoms with E-state index in [0.29, 0.717) is 12.0 Å². The average molecular weight is 517 g/mol. The van der Waals surface area contributed by atoms with Gasteiger partial charge in [-0.25, -0.2) is 4.79 Å². The fourth-order valence-electron chi connectivity index (χ4n) is 4.54. The van der Waals surface area contributed by atoms with Crippen molar-refractivity contribution in [1.82, 2.24) is 15.5 Å². The van der Waals surface area contributed by atoms with Gasteiger partial charge in [0.25, 0.3) is 0 Å². The van der Waals surface area contributed by atoms with Crippen LogP contribution in [0.15, 0.2) is 24.3 Å². The predicted octanol–water partition coefficient (Wildman–Crippen LogP) is 3.88. The normalized spacial score (nSPS) is 16.7. The van der Waals surface area contributed by atoms with Crippen molar-refractivity contribution in [2.75, 3.05) is 0 Å². The highest BCUT2D eigenvalue weighted by Crippen LogP contribution is 2.28. The summed E-state index contributed by atoms with van der Waals surface area (Å²) in [5.74, 6) is -1.60. The van der Waals surface area contributed by atoms with Gasteiger partial charge in [-0.1, -0.05) is 56.0 Å². The van der Waals surface area contributed by atoms with Crippen LogP contribution in [-0.2, 0) is 19.1 Å². The minimum absolute atomic E-state index is 0.0457. The Balaban J connectivity index is 2.48. The zero-order valence-electron chi connectivity index (χ0n) is 23.1. The zero-order chi connectivity index (χ0) is 27.8.